The van der Waals surface area contributed by atoms with Crippen LogP contribution in [0.25, 0.3) is 17.3 Å². The van der Waals surface area contributed by atoms with Crippen molar-refractivity contribution in [2.45, 2.75) is 19.5 Å². The van der Waals surface area contributed by atoms with E-state index >= 15 is 0 Å². The van der Waals surface area contributed by atoms with Crippen LogP contribution in [-0.2, 0) is 16.8 Å². The quantitative estimate of drug-likeness (QED) is 0.273. The number of fused-ring (bicyclic) bond motifs is 1. The molecule has 0 aliphatic carbocycles. The van der Waals surface area contributed by atoms with Crippen molar-refractivity contribution < 1.29 is 17.6 Å². The van der Waals surface area contributed by atoms with E-state index in [0.29, 0.717) is 38.1 Å². The minimum absolute atomic E-state index is 0.0245. The lowest BCUT2D eigenvalue weighted by molar-refractivity contribution is 0.0933. The van der Waals surface area contributed by atoms with Crippen LogP contribution in [0.4, 0.5) is 4.39 Å². The van der Waals surface area contributed by atoms with Crippen LogP contribution in [0.2, 0.25) is 10.0 Å². The van der Waals surface area contributed by atoms with Gasteiger partial charge in [-0.25, -0.2) is 9.07 Å². The first-order valence-electron chi connectivity index (χ1n) is 13.0. The molecule has 1 aliphatic rings. The summed E-state index contributed by atoms with van der Waals surface area (Å²) in [4.78, 5) is 13.8. The largest absolute Gasteiger partial charge is 0.344 e. The van der Waals surface area contributed by atoms with Crippen LogP contribution in [0.3, 0.4) is 0 Å². The van der Waals surface area contributed by atoms with E-state index in [4.69, 9.17) is 28.3 Å². The highest BCUT2D eigenvalue weighted by atomic mass is 35.5. The van der Waals surface area contributed by atoms with E-state index in [1.807, 2.05) is 37.3 Å². The van der Waals surface area contributed by atoms with Gasteiger partial charge in [0.25, 0.3) is 16.1 Å². The summed E-state index contributed by atoms with van der Waals surface area (Å²) in [5.41, 5.74) is 3.52. The Morgan fingerprint density at radius 1 is 1.05 bits per heavy atom. The van der Waals surface area contributed by atoms with Gasteiger partial charge in [0.05, 0.1) is 22.4 Å². The van der Waals surface area contributed by atoms with Gasteiger partial charge in [-0.3, -0.25) is 4.79 Å². The second-order valence-corrected chi connectivity index (χ2v) is 13.1. The minimum atomic E-state index is -3.90. The summed E-state index contributed by atoms with van der Waals surface area (Å²) in [5, 5.41) is 8.41. The van der Waals surface area contributed by atoms with E-state index in [2.05, 4.69) is 5.32 Å². The first-order chi connectivity index (χ1) is 20.0. The zero-order valence-electron chi connectivity index (χ0n) is 23.1. The number of aromatic nitrogens is 2. The van der Waals surface area contributed by atoms with E-state index in [1.165, 1.54) is 30.5 Å². The van der Waals surface area contributed by atoms with Crippen LogP contribution in [-0.4, -0.2) is 53.4 Å². The fourth-order valence-electron chi connectivity index (χ4n) is 4.80. The smallest absolute Gasteiger partial charge is 0.282 e. The summed E-state index contributed by atoms with van der Waals surface area (Å²) in [6, 6.07) is 19.8. The molecule has 12 heteroatoms. The maximum atomic E-state index is 13.8. The van der Waals surface area contributed by atoms with Gasteiger partial charge in [-0.1, -0.05) is 65.7 Å². The first-order valence-corrected chi connectivity index (χ1v) is 15.2. The van der Waals surface area contributed by atoms with Gasteiger partial charge in [0.15, 0.2) is 5.69 Å². The van der Waals surface area contributed by atoms with Crippen LogP contribution in [0.15, 0.2) is 72.8 Å². The van der Waals surface area contributed by atoms with Gasteiger partial charge in [0.1, 0.15) is 5.82 Å². The van der Waals surface area contributed by atoms with Crippen molar-refractivity contribution in [1.82, 2.24) is 23.7 Å². The van der Waals surface area contributed by atoms with Gasteiger partial charge in [0, 0.05) is 37.8 Å². The minimum Gasteiger partial charge on any atom is -0.344 e. The van der Waals surface area contributed by atoms with Crippen molar-refractivity contribution in [2.75, 3.05) is 20.6 Å². The molecule has 0 spiro atoms. The van der Waals surface area contributed by atoms with Gasteiger partial charge in [0.2, 0.25) is 0 Å². The fraction of sp³-hybridized carbons (Fsp3) is 0.200. The van der Waals surface area contributed by atoms with Crippen LogP contribution < -0.4 is 5.32 Å². The number of carbonyl (C=O) groups is 1. The van der Waals surface area contributed by atoms with Crippen molar-refractivity contribution in [3.05, 3.63) is 117 Å². The molecule has 42 heavy (non-hydrogen) atoms. The molecule has 218 valence electrons. The molecule has 1 aliphatic heterocycles. The Labute approximate surface area is 254 Å². The predicted octanol–water partition coefficient (Wildman–Crippen LogP) is 5.97. The Morgan fingerprint density at radius 3 is 2.38 bits per heavy atom. The lowest BCUT2D eigenvalue weighted by Crippen LogP contribution is -2.43. The van der Waals surface area contributed by atoms with Crippen molar-refractivity contribution in [3.63, 3.8) is 0 Å². The average Bonchev–Trinajstić information content (AvgIpc) is 3.34. The molecule has 8 nitrogen and oxygen atoms in total. The molecular weight excluding hydrogens is 600 g/mol. The molecule has 1 N–H and O–H groups in total. The Bertz CT molecular complexity index is 1770. The molecule has 0 fully saturated rings. The van der Waals surface area contributed by atoms with Crippen LogP contribution >= 0.6 is 23.2 Å². The maximum absolute atomic E-state index is 13.8. The number of rotatable bonds is 7. The molecule has 3 aromatic carbocycles. The SMILES string of the molecule is CC(NC(=O)c1nn(-c2ccc(Cl)cc2Cl)c2c1CN(S(=O)(=O)N(C)C)C/C2=C\c1ccc(F)cc1)c1ccccc1. The number of carbonyl (C=O) groups excluding carboxylic acids is 1. The fourth-order valence-corrected chi connectivity index (χ4v) is 6.34. The highest BCUT2D eigenvalue weighted by molar-refractivity contribution is 7.86. The number of amides is 1. The summed E-state index contributed by atoms with van der Waals surface area (Å²) in [7, 11) is -1.01. The number of halogens is 3. The Morgan fingerprint density at radius 2 is 1.74 bits per heavy atom. The molecule has 0 saturated carbocycles. The summed E-state index contributed by atoms with van der Waals surface area (Å²) in [5.74, 6) is -0.876. The van der Waals surface area contributed by atoms with E-state index < -0.39 is 21.9 Å². The molecule has 5 rings (SSSR count). The van der Waals surface area contributed by atoms with E-state index in [0.717, 1.165) is 9.87 Å². The molecule has 1 unspecified atom stereocenters. The molecule has 0 bridgehead atoms. The molecule has 0 saturated heterocycles. The lowest BCUT2D eigenvalue weighted by Gasteiger charge is -2.31. The summed E-state index contributed by atoms with van der Waals surface area (Å²) < 4.78 is 44.4. The molecule has 4 aromatic rings. The lowest BCUT2D eigenvalue weighted by atomic mass is 9.98. The van der Waals surface area contributed by atoms with Crippen molar-refractivity contribution in [1.29, 1.82) is 0 Å². The molecular formula is C30H28Cl2FN5O3S. The normalized spacial score (nSPS) is 15.5. The van der Waals surface area contributed by atoms with Gasteiger partial charge >= 0.3 is 0 Å². The van der Waals surface area contributed by atoms with E-state index in [-0.39, 0.29) is 24.8 Å². The topological polar surface area (TPSA) is 87.5 Å². The Balaban J connectivity index is 1.72. The maximum Gasteiger partial charge on any atom is 0.282 e. The third kappa shape index (κ3) is 5.99. The van der Waals surface area contributed by atoms with Gasteiger partial charge in [-0.15, -0.1) is 0 Å². The molecule has 1 aromatic heterocycles. The Kier molecular flexibility index (Phi) is 8.54. The monoisotopic (exact) mass is 627 g/mol. The van der Waals surface area contributed by atoms with Crippen molar-refractivity contribution in [2.24, 2.45) is 0 Å². The first kappa shape index (κ1) is 29.9. The van der Waals surface area contributed by atoms with Gasteiger partial charge in [-0.2, -0.15) is 22.1 Å². The molecule has 1 amide bonds. The zero-order valence-corrected chi connectivity index (χ0v) is 25.4. The number of nitrogens with one attached hydrogen (secondary N) is 1. The number of hydrogen-bond donors (Lipinski definition) is 1. The highest BCUT2D eigenvalue weighted by Crippen LogP contribution is 2.37. The third-order valence-corrected chi connectivity index (χ3v) is 9.34. The second kappa shape index (κ2) is 12.0. The number of benzene rings is 3. The predicted molar refractivity (Wildman–Crippen MR) is 163 cm³/mol. The van der Waals surface area contributed by atoms with Gasteiger partial charge in [-0.05, 0) is 60.0 Å². The highest BCUT2D eigenvalue weighted by Gasteiger charge is 2.37. The van der Waals surface area contributed by atoms with Crippen molar-refractivity contribution in [3.8, 4) is 5.69 Å². The van der Waals surface area contributed by atoms with Gasteiger partial charge < -0.3 is 5.32 Å². The van der Waals surface area contributed by atoms with Crippen LogP contribution in [0, 0.1) is 5.82 Å². The van der Waals surface area contributed by atoms with Crippen molar-refractivity contribution >= 4 is 51.0 Å². The van der Waals surface area contributed by atoms with E-state index in [9.17, 15) is 17.6 Å². The van der Waals surface area contributed by atoms with E-state index in [1.54, 1.807) is 41.1 Å². The zero-order chi connectivity index (χ0) is 30.2. The summed E-state index contributed by atoms with van der Waals surface area (Å²) in [6.07, 6.45) is 1.76. The molecule has 1 atom stereocenters. The summed E-state index contributed by atoms with van der Waals surface area (Å²) in [6.45, 7) is 1.73. The van der Waals surface area contributed by atoms with Crippen LogP contribution in [0.1, 0.15) is 45.8 Å². The average molecular weight is 629 g/mol. The van der Waals surface area contributed by atoms with Crippen LogP contribution in [0.5, 0.6) is 0 Å². The molecule has 0 radical (unpaired) electrons. The number of hydrogen-bond acceptors (Lipinski definition) is 4. The third-order valence-electron chi connectivity index (χ3n) is 6.97. The summed E-state index contributed by atoms with van der Waals surface area (Å²) >= 11 is 12.8. The standard InChI is InChI=1S/C30H28Cl2FN5O3S/c1-19(21-7-5-4-6-8-21)34-30(39)28-25-18-37(42(40,41)36(2)3)17-22(15-20-9-12-24(33)13-10-20)29(25)38(35-28)27-14-11-23(31)16-26(27)32/h4-16,19H,17-18H2,1-3H3,(H,34,39)/b22-15+. The second-order valence-electron chi connectivity index (χ2n) is 10.1. The number of nitrogens with zero attached hydrogens (tertiary/aromatic N) is 4. The molecule has 2 heterocycles. The Hall–Kier alpha value is -3.54.